The van der Waals surface area contributed by atoms with Gasteiger partial charge >= 0.3 is 31.5 Å². The first kappa shape index (κ1) is 58.5. The van der Waals surface area contributed by atoms with E-state index in [0.717, 1.165) is 35.2 Å². The summed E-state index contributed by atoms with van der Waals surface area (Å²) in [6, 6.07) is 21.9. The smallest absolute Gasteiger partial charge is 0.444 e. The Morgan fingerprint density at radius 1 is 0.622 bits per heavy atom. The number of rotatable bonds is 8. The molecule has 0 atom stereocenters. The van der Waals surface area contributed by atoms with E-state index >= 15 is 0 Å². The van der Waals surface area contributed by atoms with E-state index < -0.39 is 52.8 Å². The van der Waals surface area contributed by atoms with E-state index in [1.165, 1.54) is 11.0 Å². The van der Waals surface area contributed by atoms with Crippen molar-refractivity contribution in [2.24, 2.45) is 0 Å². The monoisotopic (exact) mass is 1090 g/mol. The van der Waals surface area contributed by atoms with Crippen LogP contribution in [0.4, 0.5) is 48.1 Å². The molecule has 0 bridgehead atoms. The third-order valence-electron chi connectivity index (χ3n) is 11.6. The van der Waals surface area contributed by atoms with Gasteiger partial charge in [-0.3, -0.25) is 10.6 Å². The van der Waals surface area contributed by atoms with E-state index in [2.05, 4.69) is 26.6 Å². The molecule has 4 amide bonds. The summed E-state index contributed by atoms with van der Waals surface area (Å²) in [5.41, 5.74) is 1.39. The lowest BCUT2D eigenvalue weighted by molar-refractivity contribution is 0.00578. The summed E-state index contributed by atoms with van der Waals surface area (Å²) < 4.78 is 88.1. The fourth-order valence-electron chi connectivity index (χ4n) is 7.04. The van der Waals surface area contributed by atoms with E-state index in [1.807, 2.05) is 90.9 Å². The van der Waals surface area contributed by atoms with Crippen molar-refractivity contribution >= 4 is 64.4 Å². The minimum Gasteiger partial charge on any atom is -0.444 e. The van der Waals surface area contributed by atoms with Gasteiger partial charge in [0.15, 0.2) is 0 Å². The number of hydrogen-bond acceptors (Lipinski definition) is 10. The molecule has 14 nitrogen and oxygen atoms in total. The van der Waals surface area contributed by atoms with Gasteiger partial charge in [-0.2, -0.15) is 0 Å². The van der Waals surface area contributed by atoms with E-state index in [1.54, 1.807) is 56.0 Å². The molecule has 0 saturated carbocycles. The Morgan fingerprint density at radius 2 is 1.05 bits per heavy atom. The van der Waals surface area contributed by atoms with E-state index in [0.29, 0.717) is 37.7 Å². The van der Waals surface area contributed by atoms with Gasteiger partial charge in [0.2, 0.25) is 0 Å². The summed E-state index contributed by atoms with van der Waals surface area (Å²) in [6.07, 6.45) is 2.45. The maximum absolute atomic E-state index is 14.5. The molecule has 1 fully saturated rings. The van der Waals surface area contributed by atoms with Crippen LogP contribution in [-0.2, 0) is 41.5 Å². The third-order valence-corrected chi connectivity index (χ3v) is 12.2. The Morgan fingerprint density at radius 3 is 1.47 bits per heavy atom. The maximum Gasteiger partial charge on any atom is 0.490 e. The van der Waals surface area contributed by atoms with Crippen molar-refractivity contribution < 1.29 is 65.0 Å². The van der Waals surface area contributed by atoms with Crippen LogP contribution in [0.25, 0.3) is 5.57 Å². The van der Waals surface area contributed by atoms with Crippen LogP contribution in [0.1, 0.15) is 98.8 Å². The molecule has 3 aliphatic rings. The van der Waals surface area contributed by atoms with Crippen molar-refractivity contribution in [3.63, 3.8) is 0 Å². The van der Waals surface area contributed by atoms with Gasteiger partial charge < -0.3 is 38.1 Å². The van der Waals surface area contributed by atoms with Crippen molar-refractivity contribution in [3.05, 3.63) is 147 Å². The first-order valence-electron chi connectivity index (χ1n) is 23.9. The van der Waals surface area contributed by atoms with Gasteiger partial charge in [-0.05, 0) is 132 Å². The molecule has 0 unspecified atom stereocenters. The van der Waals surface area contributed by atoms with Crippen LogP contribution in [0.2, 0.25) is 0 Å². The van der Waals surface area contributed by atoms with Crippen LogP contribution in [0.5, 0.6) is 0 Å². The van der Waals surface area contributed by atoms with Crippen molar-refractivity contribution in [2.45, 2.75) is 118 Å². The van der Waals surface area contributed by atoms with Crippen molar-refractivity contribution in [2.75, 3.05) is 36.8 Å². The van der Waals surface area contributed by atoms with Crippen LogP contribution in [0, 0.1) is 23.3 Å². The molecule has 1 saturated heterocycles. The molecule has 3 aliphatic heterocycles. The highest BCUT2D eigenvalue weighted by Gasteiger charge is 2.52. The minimum absolute atomic E-state index is 0.0218. The molecule has 4 aromatic rings. The first-order valence-corrected chi connectivity index (χ1v) is 24.7. The molecule has 398 valence electrons. The molecule has 3 heterocycles. The van der Waals surface area contributed by atoms with E-state index in [4.69, 9.17) is 28.3 Å². The fraction of sp³-hybridized carbons (Fsp3) is 0.407. The van der Waals surface area contributed by atoms with Gasteiger partial charge in [0.05, 0.1) is 27.0 Å². The Bertz CT molecular complexity index is 2660. The lowest BCUT2D eigenvalue weighted by Gasteiger charge is -2.32. The van der Waals surface area contributed by atoms with Crippen LogP contribution < -0.4 is 10.6 Å². The van der Waals surface area contributed by atoms with Gasteiger partial charge in [0.1, 0.15) is 47.7 Å². The quantitative estimate of drug-likeness (QED) is 0.0754. The van der Waals surface area contributed by atoms with Crippen LogP contribution >= 0.6 is 15.9 Å². The van der Waals surface area contributed by atoms with Gasteiger partial charge in [-0.15, -0.1) is 0 Å². The molecule has 2 N–H and O–H groups in total. The number of anilines is 2. The summed E-state index contributed by atoms with van der Waals surface area (Å²) >= 11 is 2.91. The van der Waals surface area contributed by atoms with Crippen LogP contribution in [-0.4, -0.2) is 89.9 Å². The summed E-state index contributed by atoms with van der Waals surface area (Å²) in [5.74, 6) is -3.27. The standard InChI is InChI=1S/C24H26F2N2O4.C16H28BNO4.C14H10BrF2NO2/c1-24(2,3)32-23(30)28-11-9-17(10-12-28)18-13-21(20(26)14-19(18)25)27-22(29)31-15-16-7-5-4-6-8-16;1-14(2,3)20-13(19)18-10-8-12(9-11-18)17-21-15(4,5)16(6,7)22-17;15-10-6-13(12(17)7-11(10)16)18-14(19)20-8-9-4-2-1-3-5-9/h4-9,13-14H,10-12,15H2,1-3H3,(H,27,29);8H,9-11H2,1-7H3;1-7H,8H2,(H,18,19). The predicted octanol–water partition coefficient (Wildman–Crippen LogP) is 13.4. The molecule has 20 heteroatoms. The summed E-state index contributed by atoms with van der Waals surface area (Å²) in [7, 11) is -0.314. The number of carbonyl (C=O) groups excluding carboxylic acids is 4. The van der Waals surface area contributed by atoms with Gasteiger partial charge in [0, 0.05) is 43.9 Å². The SMILES string of the molecule is CC(C)(C)OC(=O)N1CC=C(B2OC(C)(C)C(C)(C)O2)CC1.CC(C)(C)OC(=O)N1CC=C(c2cc(NC(=O)OCc3ccccc3)c(F)cc2F)CC1.O=C(Nc1cc(Br)c(F)cc1F)OCc1ccccc1. The lowest BCUT2D eigenvalue weighted by Crippen LogP contribution is -2.41. The zero-order valence-electron chi connectivity index (χ0n) is 43.3. The molecule has 0 aromatic heterocycles. The highest BCUT2D eigenvalue weighted by atomic mass is 79.9. The molecule has 0 aliphatic carbocycles. The Hall–Kier alpha value is -6.38. The topological polar surface area (TPSA) is 154 Å². The lowest BCUT2D eigenvalue weighted by atomic mass is 9.75. The molecule has 4 aromatic carbocycles. The number of halogens is 5. The van der Waals surface area contributed by atoms with Crippen LogP contribution in [0.15, 0.2) is 107 Å². The fourth-order valence-corrected chi connectivity index (χ4v) is 7.38. The highest BCUT2D eigenvalue weighted by Crippen LogP contribution is 2.39. The minimum atomic E-state index is -0.908. The molecule has 0 spiro atoms. The van der Waals surface area contributed by atoms with Crippen molar-refractivity contribution in [3.8, 4) is 0 Å². The Kier molecular flexibility index (Phi) is 20.0. The average molecular weight is 1100 g/mol. The first-order chi connectivity index (χ1) is 34.6. The van der Waals surface area contributed by atoms with Gasteiger partial charge in [0.25, 0.3) is 0 Å². The molecular weight excluding hydrogens is 1030 g/mol. The van der Waals surface area contributed by atoms with E-state index in [-0.39, 0.29) is 65.6 Å². The Labute approximate surface area is 439 Å². The second-order valence-corrected chi connectivity index (χ2v) is 21.2. The second kappa shape index (κ2) is 25.2. The van der Waals surface area contributed by atoms with Crippen molar-refractivity contribution in [1.82, 2.24) is 9.80 Å². The third kappa shape index (κ3) is 17.6. The molecular formula is C54H64BBrF4N4O10. The number of amides is 4. The summed E-state index contributed by atoms with van der Waals surface area (Å²) in [5, 5.41) is 4.54. The predicted molar refractivity (Wildman–Crippen MR) is 278 cm³/mol. The number of ether oxygens (including phenoxy) is 4. The van der Waals surface area contributed by atoms with Crippen molar-refractivity contribution in [1.29, 1.82) is 0 Å². The normalized spacial score (nSPS) is 16.0. The number of carbonyl (C=O) groups is 4. The summed E-state index contributed by atoms with van der Waals surface area (Å²) in [6.45, 7) is 21.0. The van der Waals surface area contributed by atoms with Crippen LogP contribution in [0.3, 0.4) is 0 Å². The Balaban J connectivity index is 0.000000213. The molecule has 0 radical (unpaired) electrons. The zero-order valence-corrected chi connectivity index (χ0v) is 44.9. The second-order valence-electron chi connectivity index (χ2n) is 20.4. The molecule has 74 heavy (non-hydrogen) atoms. The summed E-state index contributed by atoms with van der Waals surface area (Å²) in [4.78, 5) is 51.1. The maximum atomic E-state index is 14.5. The number of nitrogens with zero attached hydrogens (tertiary/aromatic N) is 2. The highest BCUT2D eigenvalue weighted by molar-refractivity contribution is 9.10. The number of benzene rings is 4. The number of hydrogen-bond donors (Lipinski definition) is 2. The zero-order chi connectivity index (χ0) is 54.6. The average Bonchev–Trinajstić information content (AvgIpc) is 3.55. The number of nitrogens with one attached hydrogen (secondary N) is 2. The van der Waals surface area contributed by atoms with E-state index in [9.17, 15) is 36.7 Å². The van der Waals surface area contributed by atoms with Gasteiger partial charge in [-0.1, -0.05) is 72.8 Å². The van der Waals surface area contributed by atoms with Gasteiger partial charge in [-0.25, -0.2) is 36.7 Å². The molecule has 7 rings (SSSR count). The largest absolute Gasteiger partial charge is 0.490 e.